The minimum Gasteiger partial charge on any atom is -0.246 e. The monoisotopic (exact) mass is 211 g/mol. The Hall–Kier alpha value is -0.390. The molecular weight excluding hydrogens is 191 g/mol. The summed E-state index contributed by atoms with van der Waals surface area (Å²) in [6, 6.07) is 10.2. The Kier molecular flexibility index (Phi) is 4.57. The molecule has 1 nitrogen and oxygen atoms in total. The van der Waals surface area contributed by atoms with Gasteiger partial charge in [0.1, 0.15) is 5.30 Å². The molecule has 0 bridgehead atoms. The lowest BCUT2D eigenvalue weighted by molar-refractivity contribution is 0.605. The molecule has 0 heterocycles. The van der Waals surface area contributed by atoms with Crippen molar-refractivity contribution < 1.29 is 4.89 Å². The molecule has 0 unspecified atom stereocenters. The molecule has 0 amide bonds. The third kappa shape index (κ3) is 2.80. The van der Waals surface area contributed by atoms with Crippen LogP contribution >= 0.6 is 7.49 Å². The predicted molar refractivity (Wildman–Crippen MR) is 65.5 cm³/mol. The van der Waals surface area contributed by atoms with Crippen molar-refractivity contribution in [2.45, 2.75) is 26.7 Å². The van der Waals surface area contributed by atoms with Crippen LogP contribution < -0.4 is 5.30 Å². The zero-order valence-electron chi connectivity index (χ0n) is 9.11. The van der Waals surface area contributed by atoms with Gasteiger partial charge in [-0.15, -0.1) is 0 Å². The first-order chi connectivity index (χ1) is 6.73. The summed E-state index contributed by atoms with van der Waals surface area (Å²) in [6.45, 7) is 4.28. The summed E-state index contributed by atoms with van der Waals surface area (Å²) in [5.41, 5.74) is 0. The van der Waals surface area contributed by atoms with Gasteiger partial charge in [-0.05, 0) is 25.0 Å². The van der Waals surface area contributed by atoms with Gasteiger partial charge in [0.2, 0.25) is 0 Å². The van der Waals surface area contributed by atoms with E-state index in [1.165, 1.54) is 5.30 Å². The molecule has 0 aliphatic carbocycles. The number of benzene rings is 1. The lowest BCUT2D eigenvalue weighted by atomic mass is 10.4. The summed E-state index contributed by atoms with van der Waals surface area (Å²) >= 11 is 0. The second kappa shape index (κ2) is 5.48. The summed E-state index contributed by atoms with van der Waals surface area (Å²) in [6.07, 6.45) is 4.06. The van der Waals surface area contributed by atoms with Gasteiger partial charge in [0.05, 0.1) is 12.3 Å². The molecule has 0 atom stereocenters. The first kappa shape index (κ1) is 11.7. The van der Waals surface area contributed by atoms with Crippen LogP contribution in [0.2, 0.25) is 0 Å². The standard InChI is InChI=1S/C12H20OP/c1-3-10-14(13,11-4-2)12-8-6-5-7-9-12/h5-9,13H,3-4,10-11H2,1-2H3/q+1. The third-order valence-corrected chi connectivity index (χ3v) is 6.06. The summed E-state index contributed by atoms with van der Waals surface area (Å²) in [7, 11) is -1.82. The van der Waals surface area contributed by atoms with Gasteiger partial charge < -0.3 is 0 Å². The van der Waals surface area contributed by atoms with Crippen LogP contribution in [0, 0.1) is 0 Å². The van der Waals surface area contributed by atoms with Gasteiger partial charge >= 0.3 is 0 Å². The fourth-order valence-corrected chi connectivity index (χ4v) is 4.76. The molecule has 0 aromatic heterocycles. The van der Waals surface area contributed by atoms with Crippen molar-refractivity contribution in [3.8, 4) is 0 Å². The normalized spacial score (nSPS) is 11.6. The Labute approximate surface area is 87.6 Å². The summed E-state index contributed by atoms with van der Waals surface area (Å²) < 4.78 is 0. The van der Waals surface area contributed by atoms with Gasteiger partial charge in [-0.1, -0.05) is 32.0 Å². The van der Waals surface area contributed by atoms with Crippen LogP contribution in [-0.2, 0) is 0 Å². The third-order valence-electron chi connectivity index (χ3n) is 2.42. The van der Waals surface area contributed by atoms with Gasteiger partial charge in [-0.2, -0.15) is 0 Å². The Balaban J connectivity index is 2.87. The molecule has 1 aromatic rings. The van der Waals surface area contributed by atoms with Crippen molar-refractivity contribution in [2.24, 2.45) is 0 Å². The molecule has 0 radical (unpaired) electrons. The van der Waals surface area contributed by atoms with Crippen molar-refractivity contribution in [2.75, 3.05) is 12.3 Å². The molecule has 78 valence electrons. The number of hydrogen-bond donors (Lipinski definition) is 1. The quantitative estimate of drug-likeness (QED) is 0.742. The molecule has 1 rings (SSSR count). The highest BCUT2D eigenvalue weighted by molar-refractivity contribution is 7.77. The smallest absolute Gasteiger partial charge is 0.174 e. The summed E-state index contributed by atoms with van der Waals surface area (Å²) in [5.74, 6) is 0. The predicted octanol–water partition coefficient (Wildman–Crippen LogP) is 3.06. The largest absolute Gasteiger partial charge is 0.246 e. The topological polar surface area (TPSA) is 20.2 Å². The van der Waals surface area contributed by atoms with E-state index < -0.39 is 7.49 Å². The van der Waals surface area contributed by atoms with E-state index >= 15 is 0 Å². The maximum absolute atomic E-state index is 10.6. The minimum absolute atomic E-state index is 0.963. The Morgan fingerprint density at radius 1 is 1.00 bits per heavy atom. The number of rotatable bonds is 5. The molecule has 2 heteroatoms. The van der Waals surface area contributed by atoms with Crippen LogP contribution in [-0.4, -0.2) is 17.2 Å². The molecular formula is C12H20OP+. The minimum atomic E-state index is -1.82. The lowest BCUT2D eigenvalue weighted by Gasteiger charge is -2.18. The molecule has 0 saturated heterocycles. The van der Waals surface area contributed by atoms with Gasteiger partial charge in [0.25, 0.3) is 0 Å². The van der Waals surface area contributed by atoms with Gasteiger partial charge in [-0.3, -0.25) is 0 Å². The summed E-state index contributed by atoms with van der Waals surface area (Å²) in [5, 5.41) is 1.17. The lowest BCUT2D eigenvalue weighted by Crippen LogP contribution is -2.16. The van der Waals surface area contributed by atoms with Crippen LogP contribution in [0.25, 0.3) is 0 Å². The fraction of sp³-hybridized carbons (Fsp3) is 0.500. The first-order valence-corrected chi connectivity index (χ1v) is 7.49. The average Bonchev–Trinajstić information content (AvgIpc) is 2.20. The van der Waals surface area contributed by atoms with Crippen LogP contribution in [0.4, 0.5) is 0 Å². The van der Waals surface area contributed by atoms with Crippen LogP contribution in [0.5, 0.6) is 0 Å². The van der Waals surface area contributed by atoms with Crippen molar-refractivity contribution in [3.05, 3.63) is 30.3 Å². The van der Waals surface area contributed by atoms with Crippen LogP contribution in [0.15, 0.2) is 30.3 Å². The maximum Gasteiger partial charge on any atom is 0.174 e. The first-order valence-electron chi connectivity index (χ1n) is 5.38. The average molecular weight is 211 g/mol. The van der Waals surface area contributed by atoms with Crippen molar-refractivity contribution in [3.63, 3.8) is 0 Å². The van der Waals surface area contributed by atoms with E-state index in [9.17, 15) is 4.89 Å². The van der Waals surface area contributed by atoms with Crippen LogP contribution in [0.1, 0.15) is 26.7 Å². The highest BCUT2D eigenvalue weighted by atomic mass is 31.2. The van der Waals surface area contributed by atoms with Crippen LogP contribution in [0.3, 0.4) is 0 Å². The molecule has 0 spiro atoms. The molecule has 14 heavy (non-hydrogen) atoms. The van der Waals surface area contributed by atoms with Gasteiger partial charge in [0.15, 0.2) is 7.49 Å². The van der Waals surface area contributed by atoms with E-state index in [0.29, 0.717) is 0 Å². The molecule has 0 fully saturated rings. The zero-order valence-corrected chi connectivity index (χ0v) is 10.0. The van der Waals surface area contributed by atoms with Crippen molar-refractivity contribution in [1.29, 1.82) is 0 Å². The van der Waals surface area contributed by atoms with Gasteiger partial charge in [0, 0.05) is 0 Å². The van der Waals surface area contributed by atoms with E-state index in [4.69, 9.17) is 0 Å². The molecule has 0 aliphatic heterocycles. The van der Waals surface area contributed by atoms with Gasteiger partial charge in [-0.25, -0.2) is 4.89 Å². The zero-order chi connectivity index (χ0) is 10.4. The Morgan fingerprint density at radius 3 is 1.93 bits per heavy atom. The SMILES string of the molecule is CCC[P+](O)(CCC)c1ccccc1. The Bertz CT molecular complexity index is 252. The van der Waals surface area contributed by atoms with E-state index in [0.717, 1.165) is 25.2 Å². The second-order valence-corrected chi connectivity index (χ2v) is 6.96. The fourth-order valence-electron chi connectivity index (χ4n) is 1.82. The Morgan fingerprint density at radius 2 is 1.50 bits per heavy atom. The molecule has 1 N–H and O–H groups in total. The highest BCUT2D eigenvalue weighted by Crippen LogP contribution is 2.53. The van der Waals surface area contributed by atoms with E-state index in [2.05, 4.69) is 26.0 Å². The van der Waals surface area contributed by atoms with E-state index in [1.54, 1.807) is 0 Å². The maximum atomic E-state index is 10.6. The van der Waals surface area contributed by atoms with E-state index in [-0.39, 0.29) is 0 Å². The second-order valence-electron chi connectivity index (χ2n) is 3.71. The molecule has 1 aromatic carbocycles. The van der Waals surface area contributed by atoms with Crippen molar-refractivity contribution in [1.82, 2.24) is 0 Å². The summed E-state index contributed by atoms with van der Waals surface area (Å²) in [4.78, 5) is 10.6. The highest BCUT2D eigenvalue weighted by Gasteiger charge is 2.35. The molecule has 0 saturated carbocycles. The van der Waals surface area contributed by atoms with E-state index in [1.807, 2.05) is 18.2 Å². The molecule has 0 aliphatic rings. The number of hydrogen-bond acceptors (Lipinski definition) is 1. The van der Waals surface area contributed by atoms with Crippen molar-refractivity contribution >= 4 is 12.8 Å².